The average Bonchev–Trinajstić information content (AvgIpc) is 2.39. The van der Waals surface area contributed by atoms with Gasteiger partial charge in [0.15, 0.2) is 5.78 Å². The molecule has 0 unspecified atom stereocenters. The van der Waals surface area contributed by atoms with Crippen molar-refractivity contribution in [3.05, 3.63) is 60.2 Å². The number of carbonyl (C=O) groups excluding carboxylic acids is 1. The molecule has 2 aromatic rings. The van der Waals surface area contributed by atoms with Gasteiger partial charge in [0.25, 0.3) is 0 Å². The van der Waals surface area contributed by atoms with Gasteiger partial charge in [0.05, 0.1) is 0 Å². The highest BCUT2D eigenvalue weighted by Crippen LogP contribution is 2.20. The number of rotatable bonds is 3. The van der Waals surface area contributed by atoms with Gasteiger partial charge in [0, 0.05) is 11.5 Å². The third-order valence-electron chi connectivity index (χ3n) is 2.80. The lowest BCUT2D eigenvalue weighted by atomic mass is 9.98. The van der Waals surface area contributed by atoms with Gasteiger partial charge in [-0.05, 0) is 11.1 Å². The molecule has 0 saturated heterocycles. The van der Waals surface area contributed by atoms with Crippen LogP contribution in [0, 0.1) is 5.92 Å². The molecule has 17 heavy (non-hydrogen) atoms. The third-order valence-corrected chi connectivity index (χ3v) is 2.80. The number of carbonyl (C=O) groups is 1. The highest BCUT2D eigenvalue weighted by Gasteiger charge is 2.09. The predicted octanol–water partition coefficient (Wildman–Crippen LogP) is 4.19. The van der Waals surface area contributed by atoms with Crippen LogP contribution in [0.5, 0.6) is 0 Å². The highest BCUT2D eigenvalue weighted by molar-refractivity contribution is 5.97. The fraction of sp³-hybridized carbons (Fsp3) is 0.188. The van der Waals surface area contributed by atoms with Crippen LogP contribution in [0.15, 0.2) is 54.6 Å². The number of hydrogen-bond donors (Lipinski definition) is 0. The Morgan fingerprint density at radius 2 is 1.35 bits per heavy atom. The Labute approximate surface area is 102 Å². The Morgan fingerprint density at radius 1 is 0.824 bits per heavy atom. The molecular weight excluding hydrogens is 208 g/mol. The molecule has 0 atom stereocenters. The summed E-state index contributed by atoms with van der Waals surface area (Å²) in [5, 5.41) is 0. The van der Waals surface area contributed by atoms with Crippen molar-refractivity contribution < 1.29 is 4.79 Å². The van der Waals surface area contributed by atoms with Gasteiger partial charge in [-0.1, -0.05) is 68.4 Å². The van der Waals surface area contributed by atoms with E-state index in [1.54, 1.807) is 0 Å². The van der Waals surface area contributed by atoms with Crippen molar-refractivity contribution in [1.29, 1.82) is 0 Å². The van der Waals surface area contributed by atoms with Crippen molar-refractivity contribution >= 4 is 5.78 Å². The zero-order valence-corrected chi connectivity index (χ0v) is 10.2. The zero-order valence-electron chi connectivity index (χ0n) is 10.2. The molecule has 0 aliphatic carbocycles. The molecule has 0 fully saturated rings. The minimum absolute atomic E-state index is 0.0533. The van der Waals surface area contributed by atoms with Crippen LogP contribution in [0.4, 0.5) is 0 Å². The molecule has 0 amide bonds. The van der Waals surface area contributed by atoms with Crippen molar-refractivity contribution in [2.75, 3.05) is 0 Å². The molecule has 1 heteroatoms. The number of Topliss-reactive ketones (excluding diaryl/α,β-unsaturated/α-hetero) is 1. The van der Waals surface area contributed by atoms with E-state index in [9.17, 15) is 4.79 Å². The van der Waals surface area contributed by atoms with Crippen LogP contribution in [0.1, 0.15) is 24.2 Å². The molecule has 0 aromatic heterocycles. The molecule has 0 N–H and O–H groups in total. The summed E-state index contributed by atoms with van der Waals surface area (Å²) in [5.41, 5.74) is 3.11. The molecule has 86 valence electrons. The SMILES string of the molecule is CC(C)C(=O)c1ccc(-c2ccccc2)cc1. The predicted molar refractivity (Wildman–Crippen MR) is 71.0 cm³/mol. The van der Waals surface area contributed by atoms with Crippen LogP contribution in [-0.2, 0) is 0 Å². The van der Waals surface area contributed by atoms with E-state index in [1.165, 1.54) is 5.56 Å². The summed E-state index contributed by atoms with van der Waals surface area (Å²) in [6.45, 7) is 3.85. The number of hydrogen-bond acceptors (Lipinski definition) is 1. The van der Waals surface area contributed by atoms with Gasteiger partial charge >= 0.3 is 0 Å². The molecule has 0 spiro atoms. The second kappa shape index (κ2) is 4.96. The Balaban J connectivity index is 2.28. The average molecular weight is 224 g/mol. The summed E-state index contributed by atoms with van der Waals surface area (Å²) in [5.74, 6) is 0.252. The number of benzene rings is 2. The van der Waals surface area contributed by atoms with Gasteiger partial charge in [-0.15, -0.1) is 0 Å². The minimum Gasteiger partial charge on any atom is -0.294 e. The summed E-state index contributed by atoms with van der Waals surface area (Å²) < 4.78 is 0. The van der Waals surface area contributed by atoms with E-state index in [-0.39, 0.29) is 11.7 Å². The molecule has 0 aliphatic rings. The lowest BCUT2D eigenvalue weighted by Crippen LogP contribution is -2.06. The van der Waals surface area contributed by atoms with Crippen LogP contribution < -0.4 is 0 Å². The van der Waals surface area contributed by atoms with E-state index < -0.39 is 0 Å². The van der Waals surface area contributed by atoms with Gasteiger partial charge in [-0.2, -0.15) is 0 Å². The zero-order chi connectivity index (χ0) is 12.3. The standard InChI is InChI=1S/C16H16O/c1-12(2)16(17)15-10-8-14(9-11-15)13-6-4-3-5-7-13/h3-12H,1-2H3. The smallest absolute Gasteiger partial charge is 0.165 e. The first-order valence-electron chi connectivity index (χ1n) is 5.88. The Hall–Kier alpha value is -1.89. The summed E-state index contributed by atoms with van der Waals surface area (Å²) in [7, 11) is 0. The summed E-state index contributed by atoms with van der Waals surface area (Å²) in [6.07, 6.45) is 0. The van der Waals surface area contributed by atoms with Crippen LogP contribution in [0.3, 0.4) is 0 Å². The third kappa shape index (κ3) is 2.62. The van der Waals surface area contributed by atoms with Crippen molar-refractivity contribution in [3.63, 3.8) is 0 Å². The molecule has 0 bridgehead atoms. The molecule has 0 saturated carbocycles. The van der Waals surface area contributed by atoms with Crippen LogP contribution in [-0.4, -0.2) is 5.78 Å². The van der Waals surface area contributed by atoms with Gasteiger partial charge in [0.2, 0.25) is 0 Å². The second-order valence-electron chi connectivity index (χ2n) is 4.46. The monoisotopic (exact) mass is 224 g/mol. The van der Waals surface area contributed by atoms with Crippen molar-refractivity contribution in [2.24, 2.45) is 5.92 Å². The van der Waals surface area contributed by atoms with E-state index in [0.29, 0.717) is 0 Å². The van der Waals surface area contributed by atoms with Crippen molar-refractivity contribution in [1.82, 2.24) is 0 Å². The van der Waals surface area contributed by atoms with E-state index in [0.717, 1.165) is 11.1 Å². The van der Waals surface area contributed by atoms with Crippen LogP contribution >= 0.6 is 0 Å². The molecule has 0 aliphatic heterocycles. The normalized spacial score (nSPS) is 10.5. The fourth-order valence-electron chi connectivity index (χ4n) is 1.79. The molecule has 1 nitrogen and oxygen atoms in total. The summed E-state index contributed by atoms with van der Waals surface area (Å²) >= 11 is 0. The minimum atomic E-state index is 0.0533. The quantitative estimate of drug-likeness (QED) is 0.714. The largest absolute Gasteiger partial charge is 0.294 e. The maximum Gasteiger partial charge on any atom is 0.165 e. The first-order chi connectivity index (χ1) is 8.18. The lowest BCUT2D eigenvalue weighted by Gasteiger charge is -2.06. The molecule has 2 rings (SSSR count). The van der Waals surface area contributed by atoms with E-state index in [1.807, 2.05) is 56.3 Å². The molecular formula is C16H16O. The van der Waals surface area contributed by atoms with Crippen molar-refractivity contribution in [2.45, 2.75) is 13.8 Å². The maximum absolute atomic E-state index is 11.8. The van der Waals surface area contributed by atoms with Gasteiger partial charge in [-0.3, -0.25) is 4.79 Å². The first-order valence-corrected chi connectivity index (χ1v) is 5.88. The topological polar surface area (TPSA) is 17.1 Å². The maximum atomic E-state index is 11.8. The summed E-state index contributed by atoms with van der Waals surface area (Å²) in [6, 6.07) is 18.0. The molecule has 0 radical (unpaired) electrons. The Kier molecular flexibility index (Phi) is 3.38. The molecule has 2 aromatic carbocycles. The van der Waals surface area contributed by atoms with E-state index in [4.69, 9.17) is 0 Å². The van der Waals surface area contributed by atoms with E-state index >= 15 is 0 Å². The van der Waals surface area contributed by atoms with Crippen LogP contribution in [0.25, 0.3) is 11.1 Å². The second-order valence-corrected chi connectivity index (χ2v) is 4.46. The Morgan fingerprint density at radius 3 is 1.88 bits per heavy atom. The summed E-state index contributed by atoms with van der Waals surface area (Å²) in [4.78, 5) is 11.8. The highest BCUT2D eigenvalue weighted by atomic mass is 16.1. The van der Waals surface area contributed by atoms with Crippen molar-refractivity contribution in [3.8, 4) is 11.1 Å². The van der Waals surface area contributed by atoms with E-state index in [2.05, 4.69) is 12.1 Å². The van der Waals surface area contributed by atoms with Gasteiger partial charge in [0.1, 0.15) is 0 Å². The van der Waals surface area contributed by atoms with Gasteiger partial charge < -0.3 is 0 Å². The van der Waals surface area contributed by atoms with Crippen LogP contribution in [0.2, 0.25) is 0 Å². The lowest BCUT2D eigenvalue weighted by molar-refractivity contribution is 0.0939. The fourth-order valence-corrected chi connectivity index (χ4v) is 1.79. The Bertz CT molecular complexity index is 495. The van der Waals surface area contributed by atoms with Gasteiger partial charge in [-0.25, -0.2) is 0 Å². The first kappa shape index (κ1) is 11.6. The molecule has 0 heterocycles. The number of ketones is 1.